The fraction of sp³-hybridized carbons (Fsp3) is 0.406. The van der Waals surface area contributed by atoms with Crippen LogP contribution < -0.4 is 21.7 Å². The van der Waals surface area contributed by atoms with E-state index < -0.39 is 66.5 Å². The Morgan fingerprint density at radius 3 is 2.37 bits per heavy atom. The zero-order valence-corrected chi connectivity index (χ0v) is 26.0. The highest BCUT2D eigenvalue weighted by molar-refractivity contribution is 6.08. The molecule has 2 aliphatic heterocycles. The van der Waals surface area contributed by atoms with Crippen molar-refractivity contribution in [3.05, 3.63) is 111 Å². The third-order valence-corrected chi connectivity index (χ3v) is 8.33. The summed E-state index contributed by atoms with van der Waals surface area (Å²) in [5.74, 6) is 0.485. The molecule has 6 rings (SSSR count). The van der Waals surface area contributed by atoms with Crippen LogP contribution in [0, 0.1) is 0 Å². The number of aromatic nitrogens is 5. The second-order valence-electron chi connectivity index (χ2n) is 11.6. The van der Waals surface area contributed by atoms with Gasteiger partial charge in [-0.1, -0.05) is 35.5 Å². The molecular weight excluding hydrogens is 644 g/mol. The number of aliphatic hydroxyl groups is 4. The minimum atomic E-state index is -1.64. The SMILES string of the molecule is NC[C@H]1O[C@@H](O[C@H](c2cn(CCCOc3ccc(C(=O)c4ccccc4)cc3)nn2)[C@H]2O[C@@H](n3ccc(=O)[nH]c3=O)[C@H](O)[C@@H]2O)[C@H](O)[C@@H]1O. The number of carbonyl (C=O) groups is 1. The van der Waals surface area contributed by atoms with E-state index in [-0.39, 0.29) is 18.0 Å². The van der Waals surface area contributed by atoms with Crippen LogP contribution in [0.25, 0.3) is 0 Å². The van der Waals surface area contributed by atoms with Crippen LogP contribution >= 0.6 is 0 Å². The molecule has 4 aromatic rings. The van der Waals surface area contributed by atoms with Crippen LogP contribution in [0.1, 0.15) is 40.4 Å². The quantitative estimate of drug-likeness (QED) is 0.0704. The van der Waals surface area contributed by atoms with E-state index >= 15 is 0 Å². The minimum Gasteiger partial charge on any atom is -0.494 e. The van der Waals surface area contributed by atoms with Crippen LogP contribution in [0.3, 0.4) is 0 Å². The summed E-state index contributed by atoms with van der Waals surface area (Å²) in [6, 6.07) is 16.8. The van der Waals surface area contributed by atoms with Crippen LogP contribution in [0.2, 0.25) is 0 Å². The molecule has 0 spiro atoms. The number of nitrogens with two attached hydrogens (primary N) is 1. The molecule has 49 heavy (non-hydrogen) atoms. The van der Waals surface area contributed by atoms with E-state index in [9.17, 15) is 34.8 Å². The molecule has 260 valence electrons. The van der Waals surface area contributed by atoms with E-state index in [0.717, 1.165) is 16.8 Å². The van der Waals surface area contributed by atoms with Crippen molar-refractivity contribution in [2.75, 3.05) is 13.2 Å². The van der Waals surface area contributed by atoms with Crippen molar-refractivity contribution in [1.29, 1.82) is 0 Å². The summed E-state index contributed by atoms with van der Waals surface area (Å²) in [5.41, 5.74) is 5.35. The standard InChI is InChI=1S/C32H36N6O11/c33-15-21-24(41)27(44)31(47-21)49-28(29-25(42)26(43)30(48-29)38-13-11-22(39)34-32(38)45)20-16-37(36-35-20)12-4-14-46-19-9-7-18(8-10-19)23(40)17-5-2-1-3-6-17/h1-3,5-11,13,16,21,24-31,41-44H,4,12,14-15,33H2,(H,34,39,45)/t21-,24-,25+,26-,27-,28-,29+,30-,31+/m1/s1. The number of hydrogen-bond donors (Lipinski definition) is 6. The van der Waals surface area contributed by atoms with Crippen LogP contribution in [0.15, 0.2) is 82.6 Å². The normalized spacial score (nSPS) is 27.3. The lowest BCUT2D eigenvalue weighted by Gasteiger charge is -2.28. The second kappa shape index (κ2) is 14.9. The van der Waals surface area contributed by atoms with E-state index in [1.165, 1.54) is 10.9 Å². The van der Waals surface area contributed by atoms with Crippen molar-refractivity contribution in [2.45, 2.75) is 68.2 Å². The molecule has 4 heterocycles. The maximum Gasteiger partial charge on any atom is 0.330 e. The largest absolute Gasteiger partial charge is 0.494 e. The molecule has 2 aliphatic rings. The number of ketones is 1. The highest BCUT2D eigenvalue weighted by atomic mass is 16.7. The average Bonchev–Trinajstić information content (AvgIpc) is 3.78. The number of aliphatic hydroxyl groups excluding tert-OH is 4. The number of hydrogen-bond acceptors (Lipinski definition) is 14. The summed E-state index contributed by atoms with van der Waals surface area (Å²) in [4.78, 5) is 38.7. The Balaban J connectivity index is 1.12. The van der Waals surface area contributed by atoms with Crippen molar-refractivity contribution in [2.24, 2.45) is 5.73 Å². The summed E-state index contributed by atoms with van der Waals surface area (Å²) in [6.07, 6.45) is -9.56. The molecule has 0 unspecified atom stereocenters. The van der Waals surface area contributed by atoms with Gasteiger partial charge in [0.1, 0.15) is 54.2 Å². The smallest absolute Gasteiger partial charge is 0.330 e. The van der Waals surface area contributed by atoms with Gasteiger partial charge in [0.2, 0.25) is 0 Å². The molecule has 0 amide bonds. The zero-order valence-electron chi connectivity index (χ0n) is 26.0. The van der Waals surface area contributed by atoms with Gasteiger partial charge in [0.05, 0.1) is 12.8 Å². The van der Waals surface area contributed by atoms with E-state index in [1.807, 2.05) is 6.07 Å². The highest BCUT2D eigenvalue weighted by Gasteiger charge is 2.52. The number of carbonyl (C=O) groups excluding carboxylic acids is 1. The first-order valence-electron chi connectivity index (χ1n) is 15.6. The molecule has 2 fully saturated rings. The molecule has 0 saturated carbocycles. The van der Waals surface area contributed by atoms with Crippen LogP contribution in [-0.4, -0.2) is 107 Å². The van der Waals surface area contributed by atoms with Crippen molar-refractivity contribution < 1.29 is 44.2 Å². The second-order valence-corrected chi connectivity index (χ2v) is 11.6. The summed E-state index contributed by atoms with van der Waals surface area (Å²) in [7, 11) is 0. The average molecular weight is 681 g/mol. The molecule has 17 heteroatoms. The van der Waals surface area contributed by atoms with E-state index in [1.54, 1.807) is 48.5 Å². The number of aryl methyl sites for hydroxylation is 1. The summed E-state index contributed by atoms with van der Waals surface area (Å²) >= 11 is 0. The van der Waals surface area contributed by atoms with E-state index in [2.05, 4.69) is 15.3 Å². The Morgan fingerprint density at radius 1 is 0.939 bits per heavy atom. The molecule has 0 aliphatic carbocycles. The summed E-state index contributed by atoms with van der Waals surface area (Å²) in [5, 5.41) is 51.1. The third kappa shape index (κ3) is 7.38. The van der Waals surface area contributed by atoms with Gasteiger partial charge in [0.25, 0.3) is 5.56 Å². The van der Waals surface area contributed by atoms with E-state index in [0.29, 0.717) is 36.4 Å². The third-order valence-electron chi connectivity index (χ3n) is 8.33. The maximum atomic E-state index is 12.6. The Labute approximate surface area is 278 Å². The van der Waals surface area contributed by atoms with Crippen molar-refractivity contribution >= 4 is 5.78 Å². The van der Waals surface area contributed by atoms with Crippen molar-refractivity contribution in [1.82, 2.24) is 24.5 Å². The molecule has 2 aromatic carbocycles. The molecule has 0 bridgehead atoms. The summed E-state index contributed by atoms with van der Waals surface area (Å²) < 4.78 is 25.7. The van der Waals surface area contributed by atoms with Gasteiger partial charge in [0, 0.05) is 42.9 Å². The van der Waals surface area contributed by atoms with Crippen molar-refractivity contribution in [3.63, 3.8) is 0 Å². The molecule has 9 atom stereocenters. The topological polar surface area (TPSA) is 246 Å². The Kier molecular flexibility index (Phi) is 10.4. The first kappa shape index (κ1) is 34.3. The Hall–Kier alpha value is -4.59. The number of rotatable bonds is 13. The molecule has 7 N–H and O–H groups in total. The van der Waals surface area contributed by atoms with Gasteiger partial charge in [-0.3, -0.25) is 23.8 Å². The zero-order chi connectivity index (χ0) is 34.7. The van der Waals surface area contributed by atoms with E-state index in [4.69, 9.17) is 24.7 Å². The molecule has 17 nitrogen and oxygen atoms in total. The van der Waals surface area contributed by atoms with Gasteiger partial charge in [-0.15, -0.1) is 5.10 Å². The lowest BCUT2D eigenvalue weighted by molar-refractivity contribution is -0.224. The Morgan fingerprint density at radius 2 is 1.67 bits per heavy atom. The molecular formula is C32H36N6O11. The highest BCUT2D eigenvalue weighted by Crippen LogP contribution is 2.39. The minimum absolute atomic E-state index is 0.0910. The predicted molar refractivity (Wildman–Crippen MR) is 167 cm³/mol. The van der Waals surface area contributed by atoms with Gasteiger partial charge in [-0.2, -0.15) is 0 Å². The lowest BCUT2D eigenvalue weighted by atomic mass is 10.0. The fourth-order valence-corrected chi connectivity index (χ4v) is 5.70. The molecule has 2 saturated heterocycles. The first-order chi connectivity index (χ1) is 23.6. The van der Waals surface area contributed by atoms with Crippen LogP contribution in [0.5, 0.6) is 5.75 Å². The predicted octanol–water partition coefficient (Wildman–Crippen LogP) is -1.39. The van der Waals surface area contributed by atoms with Gasteiger partial charge in [0.15, 0.2) is 18.3 Å². The number of ether oxygens (including phenoxy) is 4. The number of benzene rings is 2. The molecule has 2 aromatic heterocycles. The maximum absolute atomic E-state index is 12.6. The van der Waals surface area contributed by atoms with Crippen LogP contribution in [-0.2, 0) is 20.8 Å². The summed E-state index contributed by atoms with van der Waals surface area (Å²) in [6.45, 7) is 0.524. The number of nitrogens with zero attached hydrogens (tertiary/aromatic N) is 4. The first-order valence-corrected chi connectivity index (χ1v) is 15.6. The number of nitrogens with one attached hydrogen (secondary N) is 1. The van der Waals surface area contributed by atoms with Gasteiger partial charge in [-0.25, -0.2) is 4.79 Å². The number of H-pyrrole nitrogens is 1. The van der Waals surface area contributed by atoms with Gasteiger partial charge in [-0.05, 0) is 24.3 Å². The van der Waals surface area contributed by atoms with Crippen molar-refractivity contribution in [3.8, 4) is 5.75 Å². The van der Waals surface area contributed by atoms with Gasteiger partial charge >= 0.3 is 5.69 Å². The fourth-order valence-electron chi connectivity index (χ4n) is 5.70. The lowest BCUT2D eigenvalue weighted by Crippen LogP contribution is -2.40. The number of aromatic amines is 1. The van der Waals surface area contributed by atoms with Crippen LogP contribution in [0.4, 0.5) is 0 Å². The molecule has 0 radical (unpaired) electrons. The Bertz CT molecular complexity index is 1830. The monoisotopic (exact) mass is 680 g/mol. The van der Waals surface area contributed by atoms with Gasteiger partial charge < -0.3 is 45.1 Å².